The Morgan fingerprint density at radius 2 is 1.80 bits per heavy atom. The molecular formula is C10H13F3N2. The highest BCUT2D eigenvalue weighted by Crippen LogP contribution is 2.26. The Kier molecular flexibility index (Phi) is 4.11. The van der Waals surface area contributed by atoms with Gasteiger partial charge >= 0.3 is 6.18 Å². The Bertz CT molecular complexity index is 284. The molecule has 0 amide bonds. The molecule has 0 radical (unpaired) electrons. The minimum atomic E-state index is -4.14. The fraction of sp³-hybridized carbons (Fsp3) is 0.400. The molecule has 84 valence electrons. The molecule has 0 aliphatic rings. The maximum Gasteiger partial charge on any atom is 0.389 e. The zero-order valence-electron chi connectivity index (χ0n) is 8.09. The number of rotatable bonds is 4. The third-order valence-corrected chi connectivity index (χ3v) is 2.12. The predicted molar refractivity (Wildman–Crippen MR) is 51.8 cm³/mol. The molecule has 3 N–H and O–H groups in total. The van der Waals surface area contributed by atoms with Gasteiger partial charge in [0.1, 0.15) is 0 Å². The van der Waals surface area contributed by atoms with Gasteiger partial charge in [0.15, 0.2) is 0 Å². The van der Waals surface area contributed by atoms with Crippen molar-refractivity contribution in [3.05, 3.63) is 35.9 Å². The number of hydrazine groups is 1. The quantitative estimate of drug-likeness (QED) is 0.602. The summed E-state index contributed by atoms with van der Waals surface area (Å²) in [7, 11) is 0. The molecule has 0 aliphatic carbocycles. The van der Waals surface area contributed by atoms with Gasteiger partial charge in [-0.15, -0.1) is 0 Å². The Morgan fingerprint density at radius 3 is 2.27 bits per heavy atom. The topological polar surface area (TPSA) is 38.0 Å². The number of benzene rings is 1. The molecule has 1 aromatic rings. The molecule has 1 unspecified atom stereocenters. The van der Waals surface area contributed by atoms with Gasteiger partial charge in [0.05, 0.1) is 0 Å². The van der Waals surface area contributed by atoms with Crippen LogP contribution in [0.3, 0.4) is 0 Å². The second-order valence-electron chi connectivity index (χ2n) is 3.28. The maximum atomic E-state index is 12.0. The van der Waals surface area contributed by atoms with E-state index in [2.05, 4.69) is 5.43 Å². The van der Waals surface area contributed by atoms with E-state index in [9.17, 15) is 13.2 Å². The highest BCUT2D eigenvalue weighted by molar-refractivity contribution is 5.18. The normalized spacial score (nSPS) is 13.9. The zero-order valence-corrected chi connectivity index (χ0v) is 8.09. The third-order valence-electron chi connectivity index (χ3n) is 2.12. The molecule has 0 bridgehead atoms. The molecule has 0 spiro atoms. The molecule has 0 aliphatic heterocycles. The monoisotopic (exact) mass is 218 g/mol. The van der Waals surface area contributed by atoms with Crippen LogP contribution < -0.4 is 11.3 Å². The smallest absolute Gasteiger partial charge is 0.271 e. The van der Waals surface area contributed by atoms with Gasteiger partial charge < -0.3 is 0 Å². The molecule has 1 rings (SSSR count). The van der Waals surface area contributed by atoms with Gasteiger partial charge in [-0.3, -0.25) is 11.3 Å². The van der Waals surface area contributed by atoms with E-state index in [1.165, 1.54) is 0 Å². The van der Waals surface area contributed by atoms with Crippen molar-refractivity contribution >= 4 is 0 Å². The summed E-state index contributed by atoms with van der Waals surface area (Å²) in [6.07, 6.45) is -5.02. The van der Waals surface area contributed by atoms with Crippen LogP contribution in [0.2, 0.25) is 0 Å². The third kappa shape index (κ3) is 4.31. The van der Waals surface area contributed by atoms with Gasteiger partial charge in [0.25, 0.3) is 0 Å². The van der Waals surface area contributed by atoms with E-state index in [0.717, 1.165) is 5.56 Å². The van der Waals surface area contributed by atoms with E-state index in [0.29, 0.717) is 0 Å². The van der Waals surface area contributed by atoms with Crippen LogP contribution in [0.15, 0.2) is 30.3 Å². The summed E-state index contributed by atoms with van der Waals surface area (Å²) >= 11 is 0. The second-order valence-corrected chi connectivity index (χ2v) is 3.28. The van der Waals surface area contributed by atoms with E-state index in [1.54, 1.807) is 30.3 Å². The first kappa shape index (κ1) is 12.0. The molecule has 0 saturated heterocycles. The van der Waals surface area contributed by atoms with E-state index in [4.69, 9.17) is 5.84 Å². The van der Waals surface area contributed by atoms with Crippen molar-refractivity contribution in [3.63, 3.8) is 0 Å². The Hall–Kier alpha value is -1.07. The van der Waals surface area contributed by atoms with Gasteiger partial charge in [-0.25, -0.2) is 0 Å². The number of nitrogens with one attached hydrogen (secondary N) is 1. The van der Waals surface area contributed by atoms with E-state index < -0.39 is 18.6 Å². The minimum Gasteiger partial charge on any atom is -0.271 e. The molecular weight excluding hydrogens is 205 g/mol. The average Bonchev–Trinajstić information content (AvgIpc) is 2.19. The van der Waals surface area contributed by atoms with Gasteiger partial charge in [-0.2, -0.15) is 13.2 Å². The van der Waals surface area contributed by atoms with Crippen LogP contribution in [0.4, 0.5) is 13.2 Å². The molecule has 15 heavy (non-hydrogen) atoms. The molecule has 0 fully saturated rings. The lowest BCUT2D eigenvalue weighted by atomic mass is 10.0. The summed E-state index contributed by atoms with van der Waals surface area (Å²) in [6.45, 7) is 0. The zero-order chi connectivity index (χ0) is 11.3. The first-order valence-electron chi connectivity index (χ1n) is 4.61. The molecule has 1 aromatic carbocycles. The number of alkyl halides is 3. The summed E-state index contributed by atoms with van der Waals surface area (Å²) in [5, 5.41) is 0. The SMILES string of the molecule is NNC(CCC(F)(F)F)c1ccccc1. The molecule has 0 aromatic heterocycles. The highest BCUT2D eigenvalue weighted by atomic mass is 19.4. The lowest BCUT2D eigenvalue weighted by molar-refractivity contribution is -0.136. The van der Waals surface area contributed by atoms with Crippen LogP contribution >= 0.6 is 0 Å². The lowest BCUT2D eigenvalue weighted by Crippen LogP contribution is -2.29. The Balaban J connectivity index is 2.58. The van der Waals surface area contributed by atoms with Crippen LogP contribution in [-0.2, 0) is 0 Å². The van der Waals surface area contributed by atoms with Crippen molar-refractivity contribution < 1.29 is 13.2 Å². The van der Waals surface area contributed by atoms with Gasteiger partial charge in [0.2, 0.25) is 0 Å². The largest absolute Gasteiger partial charge is 0.389 e. The number of hydrogen-bond donors (Lipinski definition) is 2. The first-order valence-corrected chi connectivity index (χ1v) is 4.61. The second kappa shape index (κ2) is 5.14. The Labute approximate surface area is 86.2 Å². The molecule has 2 nitrogen and oxygen atoms in total. The van der Waals surface area contributed by atoms with Crippen LogP contribution in [0, 0.1) is 0 Å². The van der Waals surface area contributed by atoms with Crippen molar-refractivity contribution in [2.75, 3.05) is 0 Å². The van der Waals surface area contributed by atoms with Gasteiger partial charge in [-0.05, 0) is 12.0 Å². The van der Waals surface area contributed by atoms with E-state index >= 15 is 0 Å². The molecule has 0 heterocycles. The molecule has 0 saturated carbocycles. The number of nitrogens with two attached hydrogens (primary N) is 1. The average molecular weight is 218 g/mol. The lowest BCUT2D eigenvalue weighted by Gasteiger charge is -2.17. The van der Waals surface area contributed by atoms with Gasteiger partial charge in [0, 0.05) is 12.5 Å². The minimum absolute atomic E-state index is 0.0516. The number of halogens is 3. The maximum absolute atomic E-state index is 12.0. The first-order chi connectivity index (χ1) is 7.03. The summed E-state index contributed by atoms with van der Waals surface area (Å²) in [5.74, 6) is 5.22. The summed E-state index contributed by atoms with van der Waals surface area (Å²) in [4.78, 5) is 0. The van der Waals surface area contributed by atoms with Crippen molar-refractivity contribution in [1.82, 2.24) is 5.43 Å². The number of hydrogen-bond acceptors (Lipinski definition) is 2. The summed E-state index contributed by atoms with van der Waals surface area (Å²) in [6, 6.07) is 8.40. The fourth-order valence-corrected chi connectivity index (χ4v) is 1.34. The predicted octanol–water partition coefficient (Wildman–Crippen LogP) is 2.53. The van der Waals surface area contributed by atoms with E-state index in [-0.39, 0.29) is 6.42 Å². The molecule has 5 heteroatoms. The van der Waals surface area contributed by atoms with Crippen molar-refractivity contribution in [1.29, 1.82) is 0 Å². The Morgan fingerprint density at radius 1 is 1.20 bits per heavy atom. The van der Waals surface area contributed by atoms with Crippen LogP contribution in [0.5, 0.6) is 0 Å². The van der Waals surface area contributed by atoms with Crippen LogP contribution in [0.1, 0.15) is 24.4 Å². The highest BCUT2D eigenvalue weighted by Gasteiger charge is 2.28. The van der Waals surface area contributed by atoms with Crippen molar-refractivity contribution in [2.45, 2.75) is 25.1 Å². The van der Waals surface area contributed by atoms with Crippen molar-refractivity contribution in [2.24, 2.45) is 5.84 Å². The van der Waals surface area contributed by atoms with Crippen LogP contribution in [0.25, 0.3) is 0 Å². The van der Waals surface area contributed by atoms with Crippen LogP contribution in [-0.4, -0.2) is 6.18 Å². The van der Waals surface area contributed by atoms with E-state index in [1.807, 2.05) is 0 Å². The fourth-order valence-electron chi connectivity index (χ4n) is 1.34. The van der Waals surface area contributed by atoms with Crippen molar-refractivity contribution in [3.8, 4) is 0 Å². The van der Waals surface area contributed by atoms with Gasteiger partial charge in [-0.1, -0.05) is 30.3 Å². The summed E-state index contributed by atoms with van der Waals surface area (Å²) in [5.41, 5.74) is 3.16. The molecule has 1 atom stereocenters. The summed E-state index contributed by atoms with van der Waals surface area (Å²) < 4.78 is 36.0. The standard InChI is InChI=1S/C10H13F3N2/c11-10(12,13)7-6-9(15-14)8-4-2-1-3-5-8/h1-5,9,15H,6-7,14H2.